The number of benzene rings is 1. The molecule has 0 radical (unpaired) electrons. The molecular weight excluding hydrogens is 527 g/mol. The predicted octanol–water partition coefficient (Wildman–Crippen LogP) is 5.43. The number of aryl methyl sites for hydroxylation is 1. The monoisotopic (exact) mass is 564 g/mol. The molecule has 11 heteroatoms. The molecule has 38 heavy (non-hydrogen) atoms. The number of anilines is 1. The van der Waals surface area contributed by atoms with E-state index in [0.717, 1.165) is 18.4 Å². The van der Waals surface area contributed by atoms with Crippen molar-refractivity contribution in [3.05, 3.63) is 46.4 Å². The van der Waals surface area contributed by atoms with Crippen LogP contribution in [0.3, 0.4) is 0 Å². The second-order valence-electron chi connectivity index (χ2n) is 11.5. The van der Waals surface area contributed by atoms with E-state index in [-0.39, 0.29) is 28.6 Å². The maximum Gasteiger partial charge on any atom is 0.261 e. The number of halogens is 2. The van der Waals surface area contributed by atoms with Crippen molar-refractivity contribution in [3.8, 4) is 5.88 Å². The number of fused-ring (bicyclic) bond motifs is 1. The van der Waals surface area contributed by atoms with E-state index >= 15 is 0 Å². The number of carbonyl (C=O) groups is 1. The van der Waals surface area contributed by atoms with E-state index in [9.17, 15) is 9.18 Å². The number of rotatable bonds is 8. The molecule has 1 saturated heterocycles. The maximum atomic E-state index is 14.3. The van der Waals surface area contributed by atoms with E-state index in [0.29, 0.717) is 43.4 Å². The van der Waals surface area contributed by atoms with Gasteiger partial charge in [0.1, 0.15) is 5.82 Å². The van der Waals surface area contributed by atoms with Crippen molar-refractivity contribution in [3.63, 3.8) is 0 Å². The summed E-state index contributed by atoms with van der Waals surface area (Å²) in [7, 11) is -2.12. The third kappa shape index (κ3) is 7.02. The van der Waals surface area contributed by atoms with Gasteiger partial charge in [0.15, 0.2) is 14.4 Å². The van der Waals surface area contributed by atoms with Gasteiger partial charge < -0.3 is 24.5 Å². The highest BCUT2D eigenvalue weighted by atomic mass is 35.5. The fourth-order valence-corrected chi connectivity index (χ4v) is 5.28. The number of amides is 1. The first-order valence-corrected chi connectivity index (χ1v) is 16.5. The predicted molar refractivity (Wildman–Crippen MR) is 148 cm³/mol. The van der Waals surface area contributed by atoms with Gasteiger partial charge in [-0.25, -0.2) is 9.37 Å². The Morgan fingerprint density at radius 3 is 2.68 bits per heavy atom. The summed E-state index contributed by atoms with van der Waals surface area (Å²) in [4.78, 5) is 22.4. The van der Waals surface area contributed by atoms with E-state index in [1.165, 1.54) is 12.1 Å². The van der Waals surface area contributed by atoms with Crippen molar-refractivity contribution < 1.29 is 23.1 Å². The third-order valence-electron chi connectivity index (χ3n) is 7.68. The van der Waals surface area contributed by atoms with Crippen LogP contribution in [0.5, 0.6) is 5.88 Å². The molecule has 0 aliphatic carbocycles. The number of nitrogens with zero attached hydrogens (tertiary/aromatic N) is 2. The minimum absolute atomic E-state index is 0.0148. The summed E-state index contributed by atoms with van der Waals surface area (Å²) in [6.07, 6.45) is 3.89. The molecular formula is C27H38ClFN4O4Si. The molecule has 0 saturated carbocycles. The number of nitrogens with one attached hydrogen (secondary N) is 2. The van der Waals surface area contributed by atoms with Crippen LogP contribution in [0.1, 0.15) is 57.2 Å². The first-order valence-electron chi connectivity index (χ1n) is 13.2. The van der Waals surface area contributed by atoms with Crippen molar-refractivity contribution in [2.75, 3.05) is 25.1 Å². The highest BCUT2D eigenvalue weighted by molar-refractivity contribution is 6.74. The van der Waals surface area contributed by atoms with Crippen molar-refractivity contribution in [2.45, 2.75) is 82.8 Å². The Kier molecular flexibility index (Phi) is 8.96. The maximum absolute atomic E-state index is 14.3. The SMILES string of the molecule is CC(C)(C)[Si](C)(C)OC[C@@H](NC(=O)[C@H]1CCc2cnc(NC3CCOCC3)nc2O1)c1ccc(Cl)c(F)c1. The molecule has 0 bridgehead atoms. The normalized spacial score (nSPS) is 19.3. The first kappa shape index (κ1) is 28.7. The fraction of sp³-hybridized carbons (Fsp3) is 0.593. The summed E-state index contributed by atoms with van der Waals surface area (Å²) in [6.45, 7) is 12.4. The lowest BCUT2D eigenvalue weighted by Gasteiger charge is -2.37. The molecule has 8 nitrogen and oxygen atoms in total. The molecule has 4 rings (SSSR count). The molecule has 2 atom stereocenters. The Balaban J connectivity index is 1.46. The minimum atomic E-state index is -2.12. The lowest BCUT2D eigenvalue weighted by Crippen LogP contribution is -2.46. The molecule has 1 fully saturated rings. The largest absolute Gasteiger partial charge is 0.464 e. The van der Waals surface area contributed by atoms with E-state index in [1.807, 2.05) is 0 Å². The highest BCUT2D eigenvalue weighted by Gasteiger charge is 2.38. The number of hydrogen-bond acceptors (Lipinski definition) is 7. The zero-order valence-electron chi connectivity index (χ0n) is 22.8. The molecule has 2 aliphatic heterocycles. The van der Waals surface area contributed by atoms with Crippen LogP contribution in [0.25, 0.3) is 0 Å². The van der Waals surface area contributed by atoms with Gasteiger partial charge in [-0.3, -0.25) is 4.79 Å². The number of ether oxygens (including phenoxy) is 2. The Bertz CT molecular complexity index is 1140. The zero-order valence-corrected chi connectivity index (χ0v) is 24.5. The highest BCUT2D eigenvalue weighted by Crippen LogP contribution is 2.37. The van der Waals surface area contributed by atoms with Gasteiger partial charge in [-0.05, 0) is 61.5 Å². The molecule has 2 aliphatic rings. The standard InChI is InChI=1S/C27H38ClFN4O4Si/c1-27(2,3)38(4,5)36-16-22(17-6-8-20(28)21(29)14-17)32-24(34)23-9-7-18-15-30-26(33-25(18)37-23)31-19-10-12-35-13-11-19/h6,8,14-15,19,22-23H,7,9-13,16H2,1-5H3,(H,32,34)(H,30,31,33)/t22-,23-/m1/s1. The lowest BCUT2D eigenvalue weighted by atomic mass is 10.0. The van der Waals surface area contributed by atoms with Gasteiger partial charge in [0.25, 0.3) is 5.91 Å². The van der Waals surface area contributed by atoms with Crippen LogP contribution in [-0.2, 0) is 20.4 Å². The smallest absolute Gasteiger partial charge is 0.261 e. The van der Waals surface area contributed by atoms with Crippen LogP contribution in [0, 0.1) is 5.82 Å². The average molecular weight is 565 g/mol. The van der Waals surface area contributed by atoms with Gasteiger partial charge in [-0.1, -0.05) is 38.4 Å². The summed E-state index contributed by atoms with van der Waals surface area (Å²) < 4.78 is 32.2. The Hall–Kier alpha value is -2.27. The van der Waals surface area contributed by atoms with Crippen molar-refractivity contribution >= 4 is 31.8 Å². The van der Waals surface area contributed by atoms with E-state index in [4.69, 9.17) is 25.5 Å². The fourth-order valence-electron chi connectivity index (χ4n) is 4.15. The molecule has 1 amide bonds. The Morgan fingerprint density at radius 1 is 1.26 bits per heavy atom. The van der Waals surface area contributed by atoms with Gasteiger partial charge in [0.2, 0.25) is 11.8 Å². The summed E-state index contributed by atoms with van der Waals surface area (Å²) in [5, 5.41) is 6.39. The molecule has 208 valence electrons. The second-order valence-corrected chi connectivity index (χ2v) is 16.7. The Labute approximate surface area is 230 Å². The quantitative estimate of drug-likeness (QED) is 0.413. The van der Waals surface area contributed by atoms with Gasteiger partial charge in [-0.2, -0.15) is 4.98 Å². The summed E-state index contributed by atoms with van der Waals surface area (Å²) >= 11 is 5.91. The molecule has 2 aromatic rings. The van der Waals surface area contributed by atoms with Crippen molar-refractivity contribution in [1.82, 2.24) is 15.3 Å². The van der Waals surface area contributed by atoms with Gasteiger partial charge >= 0.3 is 0 Å². The van der Waals surface area contributed by atoms with Crippen molar-refractivity contribution in [2.24, 2.45) is 0 Å². The second kappa shape index (κ2) is 11.9. The van der Waals surface area contributed by atoms with Crippen LogP contribution in [0.2, 0.25) is 23.2 Å². The average Bonchev–Trinajstić information content (AvgIpc) is 2.87. The molecule has 1 aromatic carbocycles. The van der Waals surface area contributed by atoms with Crippen LogP contribution in [0.15, 0.2) is 24.4 Å². The van der Waals surface area contributed by atoms with Crippen LogP contribution in [-0.4, -0.2) is 56.2 Å². The van der Waals surface area contributed by atoms with Crippen LogP contribution < -0.4 is 15.4 Å². The number of carbonyl (C=O) groups excluding carboxylic acids is 1. The third-order valence-corrected chi connectivity index (χ3v) is 12.5. The summed E-state index contributed by atoms with van der Waals surface area (Å²) in [5.41, 5.74) is 1.45. The van der Waals surface area contributed by atoms with Gasteiger partial charge in [0, 0.05) is 31.0 Å². The van der Waals surface area contributed by atoms with Gasteiger partial charge in [-0.15, -0.1) is 0 Å². The van der Waals surface area contributed by atoms with E-state index < -0.39 is 26.3 Å². The molecule has 2 N–H and O–H groups in total. The number of hydrogen-bond donors (Lipinski definition) is 2. The van der Waals surface area contributed by atoms with Crippen LogP contribution >= 0.6 is 11.6 Å². The van der Waals surface area contributed by atoms with E-state index in [2.05, 4.69) is 54.5 Å². The molecule has 0 unspecified atom stereocenters. The minimum Gasteiger partial charge on any atom is -0.464 e. The van der Waals surface area contributed by atoms with E-state index in [1.54, 1.807) is 12.3 Å². The molecule has 3 heterocycles. The number of aromatic nitrogens is 2. The Morgan fingerprint density at radius 2 is 2.00 bits per heavy atom. The first-order chi connectivity index (χ1) is 17.9. The lowest BCUT2D eigenvalue weighted by molar-refractivity contribution is -0.129. The topological polar surface area (TPSA) is 94.6 Å². The summed E-state index contributed by atoms with van der Waals surface area (Å²) in [5.74, 6) is 0.0498. The van der Waals surface area contributed by atoms with Crippen LogP contribution in [0.4, 0.5) is 10.3 Å². The molecule has 1 aromatic heterocycles. The van der Waals surface area contributed by atoms with Gasteiger partial charge in [0.05, 0.1) is 17.7 Å². The molecule has 0 spiro atoms. The van der Waals surface area contributed by atoms with Crippen molar-refractivity contribution in [1.29, 1.82) is 0 Å². The summed E-state index contributed by atoms with van der Waals surface area (Å²) in [6, 6.07) is 4.23. The zero-order chi connectivity index (χ0) is 27.5.